The normalized spacial score (nSPS) is 13.0. The van der Waals surface area contributed by atoms with E-state index >= 15 is 0 Å². The predicted octanol–water partition coefficient (Wildman–Crippen LogP) is 2.39. The minimum Gasteiger partial charge on any atom is -0.496 e. The summed E-state index contributed by atoms with van der Waals surface area (Å²) in [6.45, 7) is 5.92. The van der Waals surface area contributed by atoms with E-state index in [4.69, 9.17) is 26.6 Å². The molecule has 2 N–H and O–H groups in total. The standard InChI is InChI=1S/C16H26ClNO3/c1-12(2)13-4-5-16(21-3)14(10-13)15(17)11-18(6-8-19)7-9-20/h4-5,10,12,15,19-20H,6-9,11H2,1-3H3. The lowest BCUT2D eigenvalue weighted by molar-refractivity contribution is 0.161. The fraction of sp³-hybridized carbons (Fsp3) is 0.625. The molecule has 5 heteroatoms. The summed E-state index contributed by atoms with van der Waals surface area (Å²) >= 11 is 6.55. The zero-order valence-corrected chi connectivity index (χ0v) is 13.8. The maximum Gasteiger partial charge on any atom is 0.123 e. The molecule has 0 amide bonds. The van der Waals surface area contributed by atoms with Gasteiger partial charge < -0.3 is 14.9 Å². The fourth-order valence-electron chi connectivity index (χ4n) is 2.26. The number of ether oxygens (including phenoxy) is 1. The molecule has 0 aliphatic carbocycles. The number of nitrogens with zero attached hydrogens (tertiary/aromatic N) is 1. The van der Waals surface area contributed by atoms with Gasteiger partial charge in [0.2, 0.25) is 0 Å². The van der Waals surface area contributed by atoms with Gasteiger partial charge in [-0.25, -0.2) is 0 Å². The molecule has 0 saturated carbocycles. The van der Waals surface area contributed by atoms with Gasteiger partial charge in [-0.15, -0.1) is 11.6 Å². The first kappa shape index (κ1) is 18.2. The molecule has 1 aromatic rings. The lowest BCUT2D eigenvalue weighted by Crippen LogP contribution is -2.32. The van der Waals surface area contributed by atoms with E-state index in [1.54, 1.807) is 7.11 Å². The Hall–Kier alpha value is -0.810. The Morgan fingerprint density at radius 3 is 2.29 bits per heavy atom. The summed E-state index contributed by atoms with van der Waals surface area (Å²) in [6.07, 6.45) is 0. The highest BCUT2D eigenvalue weighted by atomic mass is 35.5. The topological polar surface area (TPSA) is 52.9 Å². The van der Waals surface area contributed by atoms with Crippen molar-refractivity contribution in [2.75, 3.05) is 40.0 Å². The van der Waals surface area contributed by atoms with E-state index in [0.717, 1.165) is 11.3 Å². The maximum atomic E-state index is 9.07. The van der Waals surface area contributed by atoms with Crippen LogP contribution >= 0.6 is 11.6 Å². The molecule has 0 fully saturated rings. The van der Waals surface area contributed by atoms with Crippen LogP contribution in [0.15, 0.2) is 18.2 Å². The molecule has 0 aliphatic heterocycles. The summed E-state index contributed by atoms with van der Waals surface area (Å²) in [5.74, 6) is 1.19. The maximum absolute atomic E-state index is 9.07. The highest BCUT2D eigenvalue weighted by Gasteiger charge is 2.18. The molecule has 0 aliphatic rings. The van der Waals surface area contributed by atoms with Crippen LogP contribution < -0.4 is 4.74 Å². The van der Waals surface area contributed by atoms with Crippen molar-refractivity contribution in [2.24, 2.45) is 0 Å². The molecule has 120 valence electrons. The molecule has 1 aromatic carbocycles. The van der Waals surface area contributed by atoms with Crippen LogP contribution in [0.2, 0.25) is 0 Å². The van der Waals surface area contributed by atoms with Gasteiger partial charge in [-0.2, -0.15) is 0 Å². The van der Waals surface area contributed by atoms with Gasteiger partial charge in [0.1, 0.15) is 5.75 Å². The van der Waals surface area contributed by atoms with E-state index in [0.29, 0.717) is 25.6 Å². The number of hydrogen-bond acceptors (Lipinski definition) is 4. The zero-order chi connectivity index (χ0) is 15.8. The number of methoxy groups -OCH3 is 1. The van der Waals surface area contributed by atoms with Gasteiger partial charge in [-0.05, 0) is 17.5 Å². The lowest BCUT2D eigenvalue weighted by Gasteiger charge is -2.24. The molecule has 0 heterocycles. The quantitative estimate of drug-likeness (QED) is 0.687. The predicted molar refractivity (Wildman–Crippen MR) is 86.3 cm³/mol. The molecule has 1 unspecified atom stereocenters. The van der Waals surface area contributed by atoms with Gasteiger partial charge in [0.25, 0.3) is 0 Å². The van der Waals surface area contributed by atoms with Crippen molar-refractivity contribution in [3.05, 3.63) is 29.3 Å². The Bertz CT molecular complexity index is 420. The second-order valence-electron chi connectivity index (χ2n) is 5.37. The molecule has 0 bridgehead atoms. The smallest absolute Gasteiger partial charge is 0.123 e. The summed E-state index contributed by atoms with van der Waals surface area (Å²) in [7, 11) is 1.64. The molecule has 0 radical (unpaired) electrons. The Morgan fingerprint density at radius 2 is 1.81 bits per heavy atom. The van der Waals surface area contributed by atoms with Gasteiger partial charge >= 0.3 is 0 Å². The van der Waals surface area contributed by atoms with Crippen molar-refractivity contribution in [1.29, 1.82) is 0 Å². The largest absolute Gasteiger partial charge is 0.496 e. The average molecular weight is 316 g/mol. The van der Waals surface area contributed by atoms with Crippen LogP contribution in [0.25, 0.3) is 0 Å². The van der Waals surface area contributed by atoms with E-state index < -0.39 is 0 Å². The number of aliphatic hydroxyl groups excluding tert-OH is 2. The number of halogens is 1. The van der Waals surface area contributed by atoms with Crippen molar-refractivity contribution >= 4 is 11.6 Å². The first-order valence-electron chi connectivity index (χ1n) is 7.29. The molecule has 0 aromatic heterocycles. The zero-order valence-electron chi connectivity index (χ0n) is 13.1. The third-order valence-electron chi connectivity index (χ3n) is 3.51. The monoisotopic (exact) mass is 315 g/mol. The Balaban J connectivity index is 2.92. The fourth-order valence-corrected chi connectivity index (χ4v) is 2.62. The van der Waals surface area contributed by atoms with Crippen molar-refractivity contribution in [3.8, 4) is 5.75 Å². The van der Waals surface area contributed by atoms with Crippen molar-refractivity contribution < 1.29 is 14.9 Å². The van der Waals surface area contributed by atoms with Gasteiger partial charge in [0, 0.05) is 25.2 Å². The number of benzene rings is 1. The van der Waals surface area contributed by atoms with Crippen molar-refractivity contribution in [1.82, 2.24) is 4.90 Å². The summed E-state index contributed by atoms with van der Waals surface area (Å²) < 4.78 is 5.40. The highest BCUT2D eigenvalue weighted by molar-refractivity contribution is 6.21. The van der Waals surface area contributed by atoms with Crippen LogP contribution in [0.3, 0.4) is 0 Å². The van der Waals surface area contributed by atoms with Gasteiger partial charge in [0.15, 0.2) is 0 Å². The second kappa shape index (κ2) is 9.26. The van der Waals surface area contributed by atoms with Gasteiger partial charge in [-0.1, -0.05) is 26.0 Å². The van der Waals surface area contributed by atoms with Crippen molar-refractivity contribution in [3.63, 3.8) is 0 Å². The number of hydrogen-bond donors (Lipinski definition) is 2. The van der Waals surface area contributed by atoms with Crippen LogP contribution in [-0.2, 0) is 0 Å². The highest BCUT2D eigenvalue weighted by Crippen LogP contribution is 2.33. The third-order valence-corrected chi connectivity index (χ3v) is 3.88. The molecule has 4 nitrogen and oxygen atoms in total. The molecule has 21 heavy (non-hydrogen) atoms. The SMILES string of the molecule is COc1ccc(C(C)C)cc1C(Cl)CN(CCO)CCO. The van der Waals surface area contributed by atoms with E-state index in [1.165, 1.54) is 5.56 Å². The molecule has 0 spiro atoms. The average Bonchev–Trinajstić information content (AvgIpc) is 2.46. The first-order valence-corrected chi connectivity index (χ1v) is 7.73. The third kappa shape index (κ3) is 5.47. The van der Waals surface area contributed by atoms with Crippen LogP contribution in [-0.4, -0.2) is 55.1 Å². The van der Waals surface area contributed by atoms with Crippen molar-refractivity contribution in [2.45, 2.75) is 25.1 Å². The Kier molecular flexibility index (Phi) is 8.04. The van der Waals surface area contributed by atoms with E-state index in [2.05, 4.69) is 26.0 Å². The van der Waals surface area contributed by atoms with E-state index in [-0.39, 0.29) is 18.6 Å². The molecule has 0 saturated heterocycles. The minimum atomic E-state index is -0.253. The molecular formula is C16H26ClNO3. The first-order chi connectivity index (χ1) is 10.0. The van der Waals surface area contributed by atoms with E-state index in [9.17, 15) is 0 Å². The number of alkyl halides is 1. The summed E-state index contributed by atoms with van der Waals surface area (Å²) in [5.41, 5.74) is 2.17. The van der Waals surface area contributed by atoms with Gasteiger partial charge in [-0.3, -0.25) is 4.90 Å². The van der Waals surface area contributed by atoms with E-state index in [1.807, 2.05) is 11.0 Å². The van der Waals surface area contributed by atoms with Crippen LogP contribution in [0, 0.1) is 0 Å². The number of aliphatic hydroxyl groups is 2. The molecule has 1 rings (SSSR count). The second-order valence-corrected chi connectivity index (χ2v) is 5.90. The summed E-state index contributed by atoms with van der Waals surface area (Å²) in [4.78, 5) is 1.94. The Labute approximate surface area is 132 Å². The van der Waals surface area contributed by atoms with Crippen LogP contribution in [0.5, 0.6) is 5.75 Å². The minimum absolute atomic E-state index is 0.0484. The van der Waals surface area contributed by atoms with Crippen LogP contribution in [0.4, 0.5) is 0 Å². The Morgan fingerprint density at radius 1 is 1.19 bits per heavy atom. The van der Waals surface area contributed by atoms with Gasteiger partial charge in [0.05, 0.1) is 25.7 Å². The summed E-state index contributed by atoms with van der Waals surface area (Å²) in [5, 5.41) is 17.9. The van der Waals surface area contributed by atoms with Crippen LogP contribution in [0.1, 0.15) is 36.3 Å². The summed E-state index contributed by atoms with van der Waals surface area (Å²) in [6, 6.07) is 6.08. The number of rotatable bonds is 9. The molecule has 1 atom stereocenters. The lowest BCUT2D eigenvalue weighted by atomic mass is 9.98. The molecular weight excluding hydrogens is 290 g/mol.